The fourth-order valence-electron chi connectivity index (χ4n) is 2.52. The number of amidine groups is 1. The average Bonchev–Trinajstić information content (AvgIpc) is 2.51. The monoisotopic (exact) mass is 364 g/mol. The number of rotatable bonds is 2. The Hall–Kier alpha value is -2.70. The van der Waals surface area contributed by atoms with Crippen molar-refractivity contribution in [3.63, 3.8) is 0 Å². The lowest BCUT2D eigenvalue weighted by Gasteiger charge is -2.37. The first-order valence-electron chi connectivity index (χ1n) is 6.76. The second-order valence-corrected chi connectivity index (χ2v) is 5.25. The zero-order chi connectivity index (χ0) is 19.0. The standard InChI is InChI=1S/C15H11F6N3O/c1-8-11(7-22)13(14(16,17)18,15(19,20)21)24-12(23-8)9-4-3-5-10(6-9)25-2/h3-6,11H,1H2,2H3,(H,23,24)/p+1/t11-/m0/s1. The first-order chi connectivity index (χ1) is 11.5. The molecule has 4 nitrogen and oxygen atoms in total. The Morgan fingerprint density at radius 3 is 2.32 bits per heavy atom. The van der Waals surface area contributed by atoms with Crippen molar-refractivity contribution >= 4 is 5.84 Å². The maximum absolute atomic E-state index is 13.5. The van der Waals surface area contributed by atoms with Gasteiger partial charge in [0.15, 0.2) is 5.92 Å². The maximum Gasteiger partial charge on any atom is 0.442 e. The van der Waals surface area contributed by atoms with Gasteiger partial charge >= 0.3 is 17.9 Å². The molecule has 0 unspecified atom stereocenters. The summed E-state index contributed by atoms with van der Waals surface area (Å²) in [5, 5.41) is 11.3. The first-order valence-corrected chi connectivity index (χ1v) is 6.76. The van der Waals surface area contributed by atoms with E-state index in [1.165, 1.54) is 36.4 Å². The summed E-state index contributed by atoms with van der Waals surface area (Å²) >= 11 is 0. The van der Waals surface area contributed by atoms with E-state index < -0.39 is 35.3 Å². The fourth-order valence-corrected chi connectivity index (χ4v) is 2.52. The Kier molecular flexibility index (Phi) is 4.46. The van der Waals surface area contributed by atoms with Crippen LogP contribution in [-0.2, 0) is 0 Å². The topological polar surface area (TPSA) is 59.0 Å². The van der Waals surface area contributed by atoms with Crippen LogP contribution in [0.25, 0.3) is 0 Å². The number of ether oxygens (including phenoxy) is 1. The van der Waals surface area contributed by atoms with Gasteiger partial charge < -0.3 is 4.74 Å². The third kappa shape index (κ3) is 2.90. The molecule has 0 amide bonds. The molecule has 0 fully saturated rings. The first kappa shape index (κ1) is 18.6. The van der Waals surface area contributed by atoms with Gasteiger partial charge in [-0.25, -0.2) is 5.32 Å². The van der Waals surface area contributed by atoms with Crippen molar-refractivity contribution in [2.24, 2.45) is 5.92 Å². The molecule has 0 aromatic heterocycles. The van der Waals surface area contributed by atoms with E-state index in [-0.39, 0.29) is 11.3 Å². The minimum Gasteiger partial charge on any atom is -0.497 e. The smallest absolute Gasteiger partial charge is 0.442 e. The van der Waals surface area contributed by atoms with E-state index in [0.717, 1.165) is 6.07 Å². The van der Waals surface area contributed by atoms with Crippen LogP contribution >= 0.6 is 0 Å². The van der Waals surface area contributed by atoms with Crippen LogP contribution < -0.4 is 15.0 Å². The number of nitrogens with zero attached hydrogens (tertiary/aromatic N) is 1. The summed E-state index contributed by atoms with van der Waals surface area (Å²) in [6, 6.07) is 6.45. The molecule has 0 aliphatic carbocycles. The molecule has 1 heterocycles. The molecule has 0 saturated carbocycles. The molecule has 0 saturated heterocycles. The Bertz CT molecular complexity index is 746. The lowest BCUT2D eigenvalue weighted by atomic mass is 9.80. The van der Waals surface area contributed by atoms with Crippen LogP contribution in [0.5, 0.6) is 5.75 Å². The van der Waals surface area contributed by atoms with E-state index in [4.69, 9.17) is 10.00 Å². The predicted molar refractivity (Wildman–Crippen MR) is 74.3 cm³/mol. The van der Waals surface area contributed by atoms with Crippen molar-refractivity contribution in [2.45, 2.75) is 17.9 Å². The van der Waals surface area contributed by atoms with E-state index in [1.54, 1.807) is 0 Å². The van der Waals surface area contributed by atoms with Gasteiger partial charge in [0.2, 0.25) is 0 Å². The van der Waals surface area contributed by atoms with Crippen LogP contribution in [0.4, 0.5) is 26.3 Å². The highest BCUT2D eigenvalue weighted by atomic mass is 19.4. The summed E-state index contributed by atoms with van der Waals surface area (Å²) in [5.41, 5.74) is -5.22. The Labute approximate surface area is 138 Å². The molecule has 1 aromatic carbocycles. The van der Waals surface area contributed by atoms with E-state index in [0.29, 0.717) is 0 Å². The maximum atomic E-state index is 13.5. The molecule has 1 aromatic rings. The van der Waals surface area contributed by atoms with Gasteiger partial charge in [-0.15, -0.1) is 0 Å². The van der Waals surface area contributed by atoms with Crippen LogP contribution in [0.2, 0.25) is 0 Å². The van der Waals surface area contributed by atoms with Gasteiger partial charge in [-0.2, -0.15) is 31.6 Å². The second-order valence-electron chi connectivity index (χ2n) is 5.25. The van der Waals surface area contributed by atoms with Gasteiger partial charge in [-0.1, -0.05) is 12.6 Å². The fraction of sp³-hybridized carbons (Fsp3) is 0.333. The minimum atomic E-state index is -5.80. The summed E-state index contributed by atoms with van der Waals surface area (Å²) in [6.45, 7) is 3.18. The summed E-state index contributed by atoms with van der Waals surface area (Å²) in [7, 11) is 1.30. The third-order valence-electron chi connectivity index (χ3n) is 3.77. The molecule has 2 rings (SSSR count). The highest BCUT2D eigenvalue weighted by Gasteiger charge is 2.79. The van der Waals surface area contributed by atoms with Crippen LogP contribution in [-0.4, -0.2) is 30.8 Å². The van der Waals surface area contributed by atoms with Crippen molar-refractivity contribution in [3.05, 3.63) is 42.1 Å². The SMILES string of the molecule is C=C1NC(c2cccc(OC)c2)=[NH+]C(C(F)(F)F)(C(F)(F)F)[C@H]1C#N. The lowest BCUT2D eigenvalue weighted by Crippen LogP contribution is -3.01. The van der Waals surface area contributed by atoms with Gasteiger partial charge in [0, 0.05) is 0 Å². The number of hydrogen-bond acceptors (Lipinski definition) is 3. The highest BCUT2D eigenvalue weighted by Crippen LogP contribution is 2.46. The van der Waals surface area contributed by atoms with Crippen molar-refractivity contribution in [1.29, 1.82) is 5.26 Å². The number of halogens is 6. The van der Waals surface area contributed by atoms with Crippen molar-refractivity contribution in [3.8, 4) is 11.8 Å². The summed E-state index contributed by atoms with van der Waals surface area (Å²) in [4.78, 5) is 1.46. The van der Waals surface area contributed by atoms with Crippen molar-refractivity contribution < 1.29 is 36.1 Å². The highest BCUT2D eigenvalue weighted by molar-refractivity contribution is 5.96. The zero-order valence-electron chi connectivity index (χ0n) is 12.7. The molecule has 1 atom stereocenters. The lowest BCUT2D eigenvalue weighted by molar-refractivity contribution is -0.656. The quantitative estimate of drug-likeness (QED) is 0.785. The van der Waals surface area contributed by atoms with Crippen LogP contribution in [0.15, 0.2) is 36.5 Å². The van der Waals surface area contributed by atoms with Crippen LogP contribution in [0.3, 0.4) is 0 Å². The zero-order valence-corrected chi connectivity index (χ0v) is 12.7. The minimum absolute atomic E-state index is 0.0187. The van der Waals surface area contributed by atoms with E-state index in [2.05, 4.69) is 11.9 Å². The summed E-state index contributed by atoms with van der Waals surface area (Å²) in [5.74, 6) is -2.96. The van der Waals surface area contributed by atoms with E-state index >= 15 is 0 Å². The number of benzene rings is 1. The van der Waals surface area contributed by atoms with Gasteiger partial charge in [-0.3, -0.25) is 4.99 Å². The Morgan fingerprint density at radius 2 is 1.84 bits per heavy atom. The number of nitriles is 1. The van der Waals surface area contributed by atoms with Gasteiger partial charge in [0.1, 0.15) is 11.4 Å². The second kappa shape index (κ2) is 5.98. The molecule has 1 aliphatic rings. The van der Waals surface area contributed by atoms with Gasteiger partial charge in [0.05, 0.1) is 18.7 Å². The van der Waals surface area contributed by atoms with Gasteiger partial charge in [-0.05, 0) is 18.2 Å². The molecule has 2 N–H and O–H groups in total. The van der Waals surface area contributed by atoms with Crippen LogP contribution in [0, 0.1) is 17.2 Å². The molecule has 0 bridgehead atoms. The van der Waals surface area contributed by atoms with Gasteiger partial charge in [0.25, 0.3) is 5.84 Å². The number of alkyl halides is 6. The number of hydrogen-bond donors (Lipinski definition) is 2. The summed E-state index contributed by atoms with van der Waals surface area (Å²) in [6.07, 6.45) is -11.6. The number of nitrogens with one attached hydrogen (secondary N) is 2. The normalized spacial score (nSPS) is 20.3. The molecule has 25 heavy (non-hydrogen) atoms. The summed E-state index contributed by atoms with van der Waals surface area (Å²) < 4.78 is 85.9. The molecule has 1 aliphatic heterocycles. The van der Waals surface area contributed by atoms with Crippen molar-refractivity contribution in [1.82, 2.24) is 5.32 Å². The molecule has 10 heteroatoms. The Morgan fingerprint density at radius 1 is 1.24 bits per heavy atom. The Balaban J connectivity index is 2.77. The van der Waals surface area contributed by atoms with Crippen molar-refractivity contribution in [2.75, 3.05) is 7.11 Å². The average molecular weight is 364 g/mol. The van der Waals surface area contributed by atoms with E-state index in [9.17, 15) is 26.3 Å². The molecule has 134 valence electrons. The number of methoxy groups -OCH3 is 1. The third-order valence-corrected chi connectivity index (χ3v) is 3.77. The molecular weight excluding hydrogens is 352 g/mol. The molecule has 0 radical (unpaired) electrons. The van der Waals surface area contributed by atoms with E-state index in [1.807, 2.05) is 0 Å². The largest absolute Gasteiger partial charge is 0.497 e. The van der Waals surface area contributed by atoms with Crippen LogP contribution in [0.1, 0.15) is 5.56 Å². The molecular formula is C15H12F6N3O+. The predicted octanol–water partition coefficient (Wildman–Crippen LogP) is 1.64. The molecule has 0 spiro atoms.